The number of hydrogen-bond acceptors (Lipinski definition) is 4. The van der Waals surface area contributed by atoms with Gasteiger partial charge in [-0.05, 0) is 23.3 Å². The Hall–Kier alpha value is -1.92. The lowest BCUT2D eigenvalue weighted by atomic mass is 10.1. The molecule has 0 saturated carbocycles. The van der Waals surface area contributed by atoms with Crippen LogP contribution in [0.3, 0.4) is 0 Å². The summed E-state index contributed by atoms with van der Waals surface area (Å²) in [5.74, 6) is -1.58. The topological polar surface area (TPSA) is 98.7 Å². The molecule has 1 amide bonds. The van der Waals surface area contributed by atoms with Gasteiger partial charge in [0.2, 0.25) is 0 Å². The molecule has 0 aromatic heterocycles. The molecule has 0 fully saturated rings. The number of fused-ring (bicyclic) bond motifs is 1. The van der Waals surface area contributed by atoms with Crippen LogP contribution in [-0.2, 0) is 17.9 Å². The van der Waals surface area contributed by atoms with Gasteiger partial charge in [-0.1, -0.05) is 6.07 Å². The summed E-state index contributed by atoms with van der Waals surface area (Å²) in [6.45, 7) is 1.22. The van der Waals surface area contributed by atoms with Gasteiger partial charge in [0.15, 0.2) is 0 Å². The van der Waals surface area contributed by atoms with Crippen LogP contribution >= 0.6 is 0 Å². The van der Waals surface area contributed by atoms with Gasteiger partial charge in [-0.15, -0.1) is 0 Å². The molecule has 4 N–H and O–H groups in total. The van der Waals surface area contributed by atoms with Gasteiger partial charge in [0, 0.05) is 31.7 Å². The van der Waals surface area contributed by atoms with Crippen molar-refractivity contribution in [1.82, 2.24) is 10.6 Å². The second-order valence-corrected chi connectivity index (χ2v) is 4.46. The molecule has 0 spiro atoms. The first-order valence-electron chi connectivity index (χ1n) is 6.09. The number of aliphatic carboxylic acids is 1. The second kappa shape index (κ2) is 5.81. The second-order valence-electron chi connectivity index (χ2n) is 4.46. The van der Waals surface area contributed by atoms with E-state index in [1.807, 2.05) is 6.07 Å². The molecule has 1 aliphatic rings. The Morgan fingerprint density at radius 2 is 2.05 bits per heavy atom. The zero-order valence-electron chi connectivity index (χ0n) is 10.3. The van der Waals surface area contributed by atoms with Crippen molar-refractivity contribution in [1.29, 1.82) is 0 Å². The molecular weight excluding hydrogens is 248 g/mol. The summed E-state index contributed by atoms with van der Waals surface area (Å²) in [7, 11) is 0. The van der Waals surface area contributed by atoms with Crippen molar-refractivity contribution in [3.8, 4) is 0 Å². The predicted octanol–water partition coefficient (Wildman–Crippen LogP) is -0.145. The van der Waals surface area contributed by atoms with Crippen molar-refractivity contribution < 1.29 is 19.8 Å². The molecule has 0 aliphatic carbocycles. The lowest BCUT2D eigenvalue weighted by molar-refractivity contribution is -0.139. The van der Waals surface area contributed by atoms with Crippen molar-refractivity contribution in [3.05, 3.63) is 34.9 Å². The van der Waals surface area contributed by atoms with Crippen LogP contribution in [0.15, 0.2) is 18.2 Å². The molecule has 0 unspecified atom stereocenters. The Bertz CT molecular complexity index is 501. The standard InChI is InChI=1S/C13H16N2O4/c16-4-3-11(13(18)19)15-12(17)8-1-2-9-6-14-7-10(9)5-8/h1-2,5,11,14,16H,3-4,6-7H2,(H,15,17)(H,18,19)/t11-/m1/s1. The number of nitrogens with one attached hydrogen (secondary N) is 2. The molecule has 1 heterocycles. The molecule has 1 aromatic rings. The third-order valence-electron chi connectivity index (χ3n) is 3.12. The lowest BCUT2D eigenvalue weighted by Crippen LogP contribution is -2.41. The molecule has 0 bridgehead atoms. The molecule has 6 nitrogen and oxygen atoms in total. The van der Waals surface area contributed by atoms with E-state index in [4.69, 9.17) is 10.2 Å². The van der Waals surface area contributed by atoms with Crippen molar-refractivity contribution in [3.63, 3.8) is 0 Å². The normalized spacial score (nSPS) is 14.8. The minimum atomic E-state index is -1.15. The zero-order chi connectivity index (χ0) is 13.8. The fourth-order valence-electron chi connectivity index (χ4n) is 2.06. The average Bonchev–Trinajstić information content (AvgIpc) is 2.85. The minimum absolute atomic E-state index is 0.00638. The summed E-state index contributed by atoms with van der Waals surface area (Å²) in [6, 6.07) is 4.25. The van der Waals surface area contributed by atoms with E-state index >= 15 is 0 Å². The quantitative estimate of drug-likeness (QED) is 0.593. The Balaban J connectivity index is 2.09. The first-order chi connectivity index (χ1) is 9.11. The lowest BCUT2D eigenvalue weighted by Gasteiger charge is -2.13. The van der Waals surface area contributed by atoms with Crippen LogP contribution < -0.4 is 10.6 Å². The van der Waals surface area contributed by atoms with Gasteiger partial charge in [-0.2, -0.15) is 0 Å². The Morgan fingerprint density at radius 1 is 1.32 bits per heavy atom. The molecule has 102 valence electrons. The van der Waals surface area contributed by atoms with Gasteiger partial charge in [-0.3, -0.25) is 4.79 Å². The van der Waals surface area contributed by atoms with E-state index < -0.39 is 17.9 Å². The third kappa shape index (κ3) is 3.10. The fraction of sp³-hybridized carbons (Fsp3) is 0.385. The summed E-state index contributed by atoms with van der Waals surface area (Å²) in [5, 5.41) is 23.3. The van der Waals surface area contributed by atoms with Crippen molar-refractivity contribution in [2.45, 2.75) is 25.6 Å². The summed E-state index contributed by atoms with van der Waals surface area (Å²) < 4.78 is 0. The highest BCUT2D eigenvalue weighted by molar-refractivity contribution is 5.96. The van der Waals surface area contributed by atoms with Gasteiger partial charge < -0.3 is 20.8 Å². The van der Waals surface area contributed by atoms with Crippen LogP contribution in [0, 0.1) is 0 Å². The summed E-state index contributed by atoms with van der Waals surface area (Å²) >= 11 is 0. The Labute approximate surface area is 110 Å². The molecule has 1 aliphatic heterocycles. The van der Waals surface area contributed by atoms with E-state index in [-0.39, 0.29) is 13.0 Å². The monoisotopic (exact) mass is 264 g/mol. The van der Waals surface area contributed by atoms with Crippen molar-refractivity contribution in [2.75, 3.05) is 6.61 Å². The molecule has 1 aromatic carbocycles. The maximum atomic E-state index is 12.0. The number of carboxylic acid groups (broad SMARTS) is 1. The number of rotatable bonds is 5. The van der Waals surface area contributed by atoms with E-state index in [1.165, 1.54) is 0 Å². The van der Waals surface area contributed by atoms with Gasteiger partial charge in [-0.25, -0.2) is 4.79 Å². The van der Waals surface area contributed by atoms with E-state index in [0.29, 0.717) is 5.56 Å². The molecule has 2 rings (SSSR count). The number of amides is 1. The van der Waals surface area contributed by atoms with E-state index in [2.05, 4.69) is 10.6 Å². The highest BCUT2D eigenvalue weighted by Crippen LogP contribution is 2.17. The Morgan fingerprint density at radius 3 is 2.74 bits per heavy atom. The summed E-state index contributed by atoms with van der Waals surface area (Å²) in [4.78, 5) is 22.9. The third-order valence-corrected chi connectivity index (χ3v) is 3.12. The molecule has 1 atom stereocenters. The first kappa shape index (κ1) is 13.5. The number of carbonyl (C=O) groups excluding carboxylic acids is 1. The predicted molar refractivity (Wildman–Crippen MR) is 67.6 cm³/mol. The largest absolute Gasteiger partial charge is 0.480 e. The maximum Gasteiger partial charge on any atom is 0.326 e. The fourth-order valence-corrected chi connectivity index (χ4v) is 2.06. The minimum Gasteiger partial charge on any atom is -0.480 e. The first-order valence-corrected chi connectivity index (χ1v) is 6.09. The molecule has 6 heteroatoms. The van der Waals surface area contributed by atoms with E-state index in [0.717, 1.165) is 24.2 Å². The molecule has 0 saturated heterocycles. The summed E-state index contributed by atoms with van der Waals surface area (Å²) in [5.41, 5.74) is 2.65. The van der Waals surface area contributed by atoms with Crippen LogP contribution in [0.1, 0.15) is 27.9 Å². The van der Waals surface area contributed by atoms with Crippen LogP contribution in [-0.4, -0.2) is 34.7 Å². The van der Waals surface area contributed by atoms with Gasteiger partial charge in [0.1, 0.15) is 6.04 Å². The zero-order valence-corrected chi connectivity index (χ0v) is 10.3. The molecule has 19 heavy (non-hydrogen) atoms. The van der Waals surface area contributed by atoms with Crippen LogP contribution in [0.5, 0.6) is 0 Å². The van der Waals surface area contributed by atoms with Gasteiger partial charge in [0.05, 0.1) is 0 Å². The van der Waals surface area contributed by atoms with Crippen molar-refractivity contribution in [2.24, 2.45) is 0 Å². The average molecular weight is 264 g/mol. The van der Waals surface area contributed by atoms with Crippen LogP contribution in [0.4, 0.5) is 0 Å². The van der Waals surface area contributed by atoms with Crippen molar-refractivity contribution >= 4 is 11.9 Å². The number of carbonyl (C=O) groups is 2. The van der Waals surface area contributed by atoms with Crippen LogP contribution in [0.25, 0.3) is 0 Å². The van der Waals surface area contributed by atoms with Gasteiger partial charge >= 0.3 is 5.97 Å². The number of hydrogen-bond donors (Lipinski definition) is 4. The number of aliphatic hydroxyl groups is 1. The number of benzene rings is 1. The van der Waals surface area contributed by atoms with Gasteiger partial charge in [0.25, 0.3) is 5.91 Å². The maximum absolute atomic E-state index is 12.0. The smallest absolute Gasteiger partial charge is 0.326 e. The highest BCUT2D eigenvalue weighted by Gasteiger charge is 2.21. The Kier molecular flexibility index (Phi) is 4.13. The SMILES string of the molecule is O=C(N[C@H](CCO)C(=O)O)c1ccc2c(c1)CNC2. The molecular formula is C13H16N2O4. The van der Waals surface area contributed by atoms with E-state index in [9.17, 15) is 9.59 Å². The number of aliphatic hydroxyl groups excluding tert-OH is 1. The van der Waals surface area contributed by atoms with Crippen LogP contribution in [0.2, 0.25) is 0 Å². The highest BCUT2D eigenvalue weighted by atomic mass is 16.4. The molecule has 0 radical (unpaired) electrons. The summed E-state index contributed by atoms with van der Waals surface area (Å²) in [6.07, 6.45) is -0.00638. The van der Waals surface area contributed by atoms with E-state index in [1.54, 1.807) is 12.1 Å². The number of carboxylic acids is 1.